The molecule has 1 aromatic rings. The van der Waals surface area contributed by atoms with E-state index in [1.807, 2.05) is 6.92 Å². The van der Waals surface area contributed by atoms with Gasteiger partial charge >= 0.3 is 0 Å². The minimum atomic E-state index is 0. The van der Waals surface area contributed by atoms with E-state index in [0.29, 0.717) is 5.92 Å². The van der Waals surface area contributed by atoms with E-state index in [1.54, 1.807) is 11.3 Å². The van der Waals surface area contributed by atoms with Gasteiger partial charge in [-0.1, -0.05) is 20.8 Å². The van der Waals surface area contributed by atoms with E-state index in [2.05, 4.69) is 53.7 Å². The van der Waals surface area contributed by atoms with E-state index in [4.69, 9.17) is 4.74 Å². The molecule has 1 heterocycles. The van der Waals surface area contributed by atoms with Crippen molar-refractivity contribution in [1.82, 2.24) is 15.6 Å². The Morgan fingerprint density at radius 1 is 1.28 bits per heavy atom. The van der Waals surface area contributed by atoms with Gasteiger partial charge in [0, 0.05) is 38.0 Å². The monoisotopic (exact) mass is 482 g/mol. The van der Waals surface area contributed by atoms with Crippen LogP contribution < -0.4 is 10.6 Å². The number of thiazole rings is 1. The van der Waals surface area contributed by atoms with Crippen LogP contribution in [0.15, 0.2) is 10.4 Å². The van der Waals surface area contributed by atoms with Crippen LogP contribution in [0.25, 0.3) is 0 Å². The molecule has 0 aromatic carbocycles. The summed E-state index contributed by atoms with van der Waals surface area (Å²) in [6.07, 6.45) is 3.17. The first-order valence-corrected chi connectivity index (χ1v) is 10.1. The summed E-state index contributed by atoms with van der Waals surface area (Å²) in [5.74, 6) is 1.40. The van der Waals surface area contributed by atoms with Crippen LogP contribution in [0, 0.1) is 5.92 Å². The van der Waals surface area contributed by atoms with E-state index >= 15 is 0 Å². The van der Waals surface area contributed by atoms with Crippen molar-refractivity contribution in [2.45, 2.75) is 60.0 Å². The molecular weight excluding hydrogens is 447 g/mol. The maximum absolute atomic E-state index is 5.78. The van der Waals surface area contributed by atoms with Gasteiger partial charge in [-0.15, -0.1) is 35.3 Å². The maximum Gasteiger partial charge on any atom is 0.191 e. The number of hydrogen-bond donors (Lipinski definition) is 2. The summed E-state index contributed by atoms with van der Waals surface area (Å²) in [5, 5.41) is 10.1. The van der Waals surface area contributed by atoms with Crippen LogP contribution in [-0.4, -0.2) is 43.3 Å². The number of aliphatic imine (C=N–C) groups is 1. The third-order valence-electron chi connectivity index (χ3n) is 3.73. The van der Waals surface area contributed by atoms with Crippen molar-refractivity contribution in [1.29, 1.82) is 0 Å². The molecule has 1 atom stereocenters. The molecule has 0 spiro atoms. The van der Waals surface area contributed by atoms with Crippen molar-refractivity contribution in [2.75, 3.05) is 26.2 Å². The highest BCUT2D eigenvalue weighted by Gasteiger charge is 2.12. The first-order chi connectivity index (χ1) is 11.6. The topological polar surface area (TPSA) is 58.5 Å². The lowest BCUT2D eigenvalue weighted by molar-refractivity contribution is 0.0266. The van der Waals surface area contributed by atoms with Gasteiger partial charge in [0.25, 0.3) is 0 Å². The van der Waals surface area contributed by atoms with Crippen LogP contribution in [0.4, 0.5) is 0 Å². The van der Waals surface area contributed by atoms with Crippen molar-refractivity contribution < 1.29 is 4.74 Å². The summed E-state index contributed by atoms with van der Waals surface area (Å²) in [6, 6.07) is 0. The molecule has 0 aliphatic carbocycles. The molecule has 0 saturated heterocycles. The summed E-state index contributed by atoms with van der Waals surface area (Å²) in [6.45, 7) is 13.9. The van der Waals surface area contributed by atoms with Gasteiger partial charge in [-0.25, -0.2) is 4.98 Å². The number of hydrogen-bond acceptors (Lipinski definition) is 4. The number of aryl methyl sites for hydroxylation is 1. The molecule has 5 nitrogen and oxygen atoms in total. The first kappa shape index (κ1) is 24.6. The average Bonchev–Trinajstić information content (AvgIpc) is 3.02. The van der Waals surface area contributed by atoms with Crippen molar-refractivity contribution in [3.05, 3.63) is 16.1 Å². The minimum Gasteiger partial charge on any atom is -0.378 e. The second-order valence-corrected chi connectivity index (χ2v) is 6.99. The Kier molecular flexibility index (Phi) is 14.5. The molecule has 7 heteroatoms. The number of guanidine groups is 1. The number of aromatic nitrogens is 1. The van der Waals surface area contributed by atoms with E-state index < -0.39 is 0 Å². The van der Waals surface area contributed by atoms with Gasteiger partial charge in [0.15, 0.2) is 5.96 Å². The fourth-order valence-electron chi connectivity index (χ4n) is 2.40. The SMILES string of the molecule is CCNC(=NCCC(OCC)C(C)C)NCCc1csc(CC)n1.I. The molecule has 0 amide bonds. The molecule has 2 N–H and O–H groups in total. The zero-order valence-corrected chi connectivity index (χ0v) is 19.4. The van der Waals surface area contributed by atoms with Crippen LogP contribution in [0.1, 0.15) is 51.7 Å². The highest BCUT2D eigenvalue weighted by Crippen LogP contribution is 2.11. The molecule has 0 bridgehead atoms. The third-order valence-corrected chi connectivity index (χ3v) is 4.77. The second kappa shape index (κ2) is 14.7. The molecular formula is C18H35IN4OS. The van der Waals surface area contributed by atoms with Crippen LogP contribution >= 0.6 is 35.3 Å². The molecule has 0 radical (unpaired) electrons. The molecule has 25 heavy (non-hydrogen) atoms. The highest BCUT2D eigenvalue weighted by atomic mass is 127. The third kappa shape index (κ3) is 10.4. The largest absolute Gasteiger partial charge is 0.378 e. The standard InChI is InChI=1S/C18H34N4OS.HI/c1-6-17-22-15(13-24-17)9-11-20-18(19-7-2)21-12-10-16(14(4)5)23-8-3;/h13-14,16H,6-12H2,1-5H3,(H2,19,20,21);1H. The predicted molar refractivity (Wildman–Crippen MR) is 119 cm³/mol. The Hall–Kier alpha value is -0.410. The Morgan fingerprint density at radius 3 is 2.60 bits per heavy atom. The number of halogens is 1. The summed E-state index contributed by atoms with van der Waals surface area (Å²) in [4.78, 5) is 9.27. The van der Waals surface area contributed by atoms with Gasteiger partial charge in [-0.2, -0.15) is 0 Å². The molecule has 1 aromatic heterocycles. The molecule has 0 aliphatic heterocycles. The van der Waals surface area contributed by atoms with E-state index in [1.165, 1.54) is 5.01 Å². The number of nitrogens with zero attached hydrogens (tertiary/aromatic N) is 2. The molecule has 1 unspecified atom stereocenters. The van der Waals surface area contributed by atoms with E-state index in [-0.39, 0.29) is 30.1 Å². The van der Waals surface area contributed by atoms with Gasteiger partial charge in [0.05, 0.1) is 16.8 Å². The van der Waals surface area contributed by atoms with Crippen molar-refractivity contribution in [3.63, 3.8) is 0 Å². The fourth-order valence-corrected chi connectivity index (χ4v) is 3.18. The summed E-state index contributed by atoms with van der Waals surface area (Å²) in [7, 11) is 0. The first-order valence-electron chi connectivity index (χ1n) is 9.17. The van der Waals surface area contributed by atoms with Crippen molar-refractivity contribution in [3.8, 4) is 0 Å². The smallest absolute Gasteiger partial charge is 0.191 e. The van der Waals surface area contributed by atoms with Gasteiger partial charge < -0.3 is 15.4 Å². The lowest BCUT2D eigenvalue weighted by Crippen LogP contribution is -2.38. The molecule has 0 aliphatic rings. The van der Waals surface area contributed by atoms with Crippen LogP contribution in [0.5, 0.6) is 0 Å². The van der Waals surface area contributed by atoms with Crippen molar-refractivity contribution >= 4 is 41.3 Å². The van der Waals surface area contributed by atoms with Gasteiger partial charge in [0.2, 0.25) is 0 Å². The maximum atomic E-state index is 5.78. The second-order valence-electron chi connectivity index (χ2n) is 6.05. The van der Waals surface area contributed by atoms with Crippen LogP contribution in [0.3, 0.4) is 0 Å². The molecule has 0 saturated carbocycles. The van der Waals surface area contributed by atoms with Gasteiger partial charge in [-0.3, -0.25) is 4.99 Å². The summed E-state index contributed by atoms with van der Waals surface area (Å²) >= 11 is 1.74. The Morgan fingerprint density at radius 2 is 2.04 bits per heavy atom. The molecule has 146 valence electrons. The Bertz CT molecular complexity index is 479. The minimum absolute atomic E-state index is 0. The van der Waals surface area contributed by atoms with Crippen LogP contribution in [-0.2, 0) is 17.6 Å². The van der Waals surface area contributed by atoms with E-state index in [9.17, 15) is 0 Å². The lowest BCUT2D eigenvalue weighted by Gasteiger charge is -2.20. The number of ether oxygens (including phenoxy) is 1. The zero-order valence-electron chi connectivity index (χ0n) is 16.3. The highest BCUT2D eigenvalue weighted by molar-refractivity contribution is 14.0. The van der Waals surface area contributed by atoms with Crippen LogP contribution in [0.2, 0.25) is 0 Å². The van der Waals surface area contributed by atoms with E-state index in [0.717, 1.165) is 57.2 Å². The average molecular weight is 482 g/mol. The fraction of sp³-hybridized carbons (Fsp3) is 0.778. The zero-order chi connectivity index (χ0) is 17.8. The van der Waals surface area contributed by atoms with Crippen molar-refractivity contribution in [2.24, 2.45) is 10.9 Å². The Labute approximate surface area is 174 Å². The summed E-state index contributed by atoms with van der Waals surface area (Å²) in [5.41, 5.74) is 1.16. The number of nitrogens with one attached hydrogen (secondary N) is 2. The van der Waals surface area contributed by atoms with Gasteiger partial charge in [-0.05, 0) is 32.6 Å². The Balaban J connectivity index is 0.00000576. The normalized spacial score (nSPS) is 12.8. The lowest BCUT2D eigenvalue weighted by atomic mass is 10.0. The molecule has 0 fully saturated rings. The van der Waals surface area contributed by atoms with Gasteiger partial charge in [0.1, 0.15) is 0 Å². The number of rotatable bonds is 11. The predicted octanol–water partition coefficient (Wildman–Crippen LogP) is 3.87. The quantitative estimate of drug-likeness (QED) is 0.286. The molecule has 1 rings (SSSR count). The summed E-state index contributed by atoms with van der Waals surface area (Å²) < 4.78 is 5.78.